The lowest BCUT2D eigenvalue weighted by molar-refractivity contribution is 0.0950. The van der Waals surface area contributed by atoms with Gasteiger partial charge in [-0.3, -0.25) is 4.79 Å². The summed E-state index contributed by atoms with van der Waals surface area (Å²) in [6, 6.07) is 25.1. The fourth-order valence-electron chi connectivity index (χ4n) is 3.53. The lowest BCUT2D eigenvalue weighted by Gasteiger charge is -2.12. The molecule has 0 aliphatic rings. The zero-order valence-electron chi connectivity index (χ0n) is 18.5. The third-order valence-corrected chi connectivity index (χ3v) is 6.58. The van der Waals surface area contributed by atoms with Crippen molar-refractivity contribution in [1.29, 1.82) is 0 Å². The average Bonchev–Trinajstić information content (AvgIpc) is 2.77. The summed E-state index contributed by atoms with van der Waals surface area (Å²) >= 11 is 0. The zero-order valence-corrected chi connectivity index (χ0v) is 19.4. The molecule has 1 amide bonds. The first-order chi connectivity index (χ1) is 15.3. The van der Waals surface area contributed by atoms with Gasteiger partial charge in [-0.05, 0) is 55.0 Å². The van der Waals surface area contributed by atoms with Crippen LogP contribution in [0.25, 0.3) is 0 Å². The Morgan fingerprint density at radius 2 is 1.41 bits per heavy atom. The van der Waals surface area contributed by atoms with Gasteiger partial charge in [0.2, 0.25) is 10.0 Å². The third kappa shape index (κ3) is 7.32. The molecule has 0 radical (unpaired) electrons. The molecule has 5 nitrogen and oxygen atoms in total. The molecule has 3 rings (SSSR count). The van der Waals surface area contributed by atoms with Crippen molar-refractivity contribution in [2.45, 2.75) is 45.0 Å². The summed E-state index contributed by atoms with van der Waals surface area (Å²) < 4.78 is 26.7. The topological polar surface area (TPSA) is 75.3 Å². The summed E-state index contributed by atoms with van der Waals surface area (Å²) in [5, 5.41) is 2.98. The molecule has 0 bridgehead atoms. The molecule has 0 saturated carbocycles. The standard InChI is InChI=1S/C26H30N2O3S/c1-20(2)28-32(30,31)19-23-14-12-22(13-15-23)18-27-26(29)25-11-7-6-10-24(25)17-16-21-8-4-3-5-9-21/h3-15,20,28H,16-19H2,1-2H3,(H,27,29). The van der Waals surface area contributed by atoms with Gasteiger partial charge in [-0.1, -0.05) is 72.8 Å². The van der Waals surface area contributed by atoms with Crippen LogP contribution >= 0.6 is 0 Å². The summed E-state index contributed by atoms with van der Waals surface area (Å²) in [7, 11) is -3.36. The van der Waals surface area contributed by atoms with Crippen LogP contribution in [-0.2, 0) is 35.2 Å². The van der Waals surface area contributed by atoms with E-state index in [-0.39, 0.29) is 17.7 Å². The van der Waals surface area contributed by atoms with Crippen molar-refractivity contribution in [3.63, 3.8) is 0 Å². The Bertz CT molecular complexity index is 1130. The third-order valence-electron chi connectivity index (χ3n) is 5.04. The van der Waals surface area contributed by atoms with E-state index in [0.717, 1.165) is 24.0 Å². The van der Waals surface area contributed by atoms with E-state index in [1.807, 2.05) is 54.6 Å². The Kier molecular flexibility index (Phi) is 8.20. The van der Waals surface area contributed by atoms with E-state index < -0.39 is 10.0 Å². The fourth-order valence-corrected chi connectivity index (χ4v) is 4.97. The highest BCUT2D eigenvalue weighted by Crippen LogP contribution is 2.14. The van der Waals surface area contributed by atoms with Crippen molar-refractivity contribution in [2.24, 2.45) is 0 Å². The maximum Gasteiger partial charge on any atom is 0.251 e. The highest BCUT2D eigenvalue weighted by Gasteiger charge is 2.13. The molecule has 32 heavy (non-hydrogen) atoms. The number of rotatable bonds is 10. The summed E-state index contributed by atoms with van der Waals surface area (Å²) in [5.41, 5.74) is 4.57. The molecular weight excluding hydrogens is 420 g/mol. The largest absolute Gasteiger partial charge is 0.348 e. The predicted octanol–water partition coefficient (Wildman–Crippen LogP) is 4.23. The summed E-state index contributed by atoms with van der Waals surface area (Å²) in [6.07, 6.45) is 1.67. The smallest absolute Gasteiger partial charge is 0.251 e. The van der Waals surface area contributed by atoms with Gasteiger partial charge < -0.3 is 5.32 Å². The SMILES string of the molecule is CC(C)NS(=O)(=O)Cc1ccc(CNC(=O)c2ccccc2CCc2ccccc2)cc1. The van der Waals surface area contributed by atoms with Crippen LogP contribution in [0.2, 0.25) is 0 Å². The Balaban J connectivity index is 1.58. The van der Waals surface area contributed by atoms with E-state index in [4.69, 9.17) is 0 Å². The zero-order chi connectivity index (χ0) is 23.0. The van der Waals surface area contributed by atoms with Gasteiger partial charge >= 0.3 is 0 Å². The monoisotopic (exact) mass is 450 g/mol. The van der Waals surface area contributed by atoms with E-state index in [2.05, 4.69) is 22.2 Å². The van der Waals surface area contributed by atoms with Gasteiger partial charge in [-0.15, -0.1) is 0 Å². The second-order valence-electron chi connectivity index (χ2n) is 8.17. The predicted molar refractivity (Wildman–Crippen MR) is 129 cm³/mol. The van der Waals surface area contributed by atoms with Crippen LogP contribution in [0.4, 0.5) is 0 Å². The van der Waals surface area contributed by atoms with E-state index in [1.165, 1.54) is 5.56 Å². The molecule has 3 aromatic rings. The Morgan fingerprint density at radius 3 is 2.09 bits per heavy atom. The summed E-state index contributed by atoms with van der Waals surface area (Å²) in [6.45, 7) is 3.97. The van der Waals surface area contributed by atoms with Crippen molar-refractivity contribution in [2.75, 3.05) is 0 Å². The minimum absolute atomic E-state index is 0.0629. The number of amides is 1. The van der Waals surface area contributed by atoms with Crippen LogP contribution in [0.3, 0.4) is 0 Å². The molecule has 0 atom stereocenters. The van der Waals surface area contributed by atoms with Gasteiger partial charge in [0.05, 0.1) is 5.75 Å². The Morgan fingerprint density at radius 1 is 0.781 bits per heavy atom. The van der Waals surface area contributed by atoms with Crippen LogP contribution in [0.5, 0.6) is 0 Å². The number of benzene rings is 3. The number of carbonyl (C=O) groups is 1. The van der Waals surface area contributed by atoms with Gasteiger partial charge in [0, 0.05) is 18.2 Å². The number of aryl methyl sites for hydroxylation is 2. The van der Waals surface area contributed by atoms with Crippen molar-refractivity contribution in [3.8, 4) is 0 Å². The number of hydrogen-bond acceptors (Lipinski definition) is 3. The highest BCUT2D eigenvalue weighted by atomic mass is 32.2. The first kappa shape index (κ1) is 23.7. The first-order valence-electron chi connectivity index (χ1n) is 10.8. The maximum atomic E-state index is 12.8. The second kappa shape index (κ2) is 11.1. The van der Waals surface area contributed by atoms with Crippen LogP contribution in [0, 0.1) is 0 Å². The molecule has 0 fully saturated rings. The molecule has 0 unspecified atom stereocenters. The number of sulfonamides is 1. The minimum atomic E-state index is -3.36. The normalized spacial score (nSPS) is 11.5. The second-order valence-corrected chi connectivity index (χ2v) is 9.93. The van der Waals surface area contributed by atoms with Crippen molar-refractivity contribution in [1.82, 2.24) is 10.0 Å². The Hall–Kier alpha value is -2.96. The molecule has 0 aliphatic heterocycles. The van der Waals surface area contributed by atoms with Gasteiger partial charge in [-0.25, -0.2) is 13.1 Å². The highest BCUT2D eigenvalue weighted by molar-refractivity contribution is 7.88. The van der Waals surface area contributed by atoms with E-state index in [0.29, 0.717) is 17.7 Å². The fraction of sp³-hybridized carbons (Fsp3) is 0.269. The number of nitrogens with one attached hydrogen (secondary N) is 2. The van der Waals surface area contributed by atoms with E-state index in [1.54, 1.807) is 26.0 Å². The van der Waals surface area contributed by atoms with Crippen molar-refractivity contribution >= 4 is 15.9 Å². The van der Waals surface area contributed by atoms with Gasteiger partial charge in [0.15, 0.2) is 0 Å². The molecule has 0 saturated heterocycles. The number of hydrogen-bond donors (Lipinski definition) is 2. The molecule has 0 spiro atoms. The van der Waals surface area contributed by atoms with Crippen LogP contribution in [0.15, 0.2) is 78.9 Å². The minimum Gasteiger partial charge on any atom is -0.348 e. The first-order valence-corrected chi connectivity index (χ1v) is 12.5. The molecule has 0 aromatic heterocycles. The van der Waals surface area contributed by atoms with Crippen molar-refractivity contribution in [3.05, 3.63) is 107 Å². The van der Waals surface area contributed by atoms with Gasteiger partial charge in [-0.2, -0.15) is 0 Å². The van der Waals surface area contributed by atoms with Crippen LogP contribution in [-0.4, -0.2) is 20.4 Å². The molecule has 0 heterocycles. The molecule has 2 N–H and O–H groups in total. The molecule has 3 aromatic carbocycles. The molecule has 0 aliphatic carbocycles. The lowest BCUT2D eigenvalue weighted by Crippen LogP contribution is -2.31. The van der Waals surface area contributed by atoms with E-state index in [9.17, 15) is 13.2 Å². The summed E-state index contributed by atoms with van der Waals surface area (Å²) in [4.78, 5) is 12.8. The van der Waals surface area contributed by atoms with Crippen LogP contribution in [0.1, 0.15) is 46.5 Å². The van der Waals surface area contributed by atoms with Gasteiger partial charge in [0.25, 0.3) is 5.91 Å². The molecular formula is C26H30N2O3S. The van der Waals surface area contributed by atoms with Crippen LogP contribution < -0.4 is 10.0 Å². The van der Waals surface area contributed by atoms with Crippen molar-refractivity contribution < 1.29 is 13.2 Å². The molecule has 6 heteroatoms. The maximum absolute atomic E-state index is 12.8. The average molecular weight is 451 g/mol. The summed E-state index contributed by atoms with van der Waals surface area (Å²) in [5.74, 6) is -0.173. The lowest BCUT2D eigenvalue weighted by atomic mass is 9.99. The van der Waals surface area contributed by atoms with E-state index >= 15 is 0 Å². The molecule has 168 valence electrons. The Labute approximate surface area is 190 Å². The van der Waals surface area contributed by atoms with Gasteiger partial charge in [0.1, 0.15) is 0 Å². The number of carbonyl (C=O) groups excluding carboxylic acids is 1. The quantitative estimate of drug-likeness (QED) is 0.485.